The molecule has 29 heavy (non-hydrogen) atoms. The number of carbonyl (C=O) groups is 1. The number of alkyl halides is 4. The Bertz CT molecular complexity index is 760. The van der Waals surface area contributed by atoms with Crippen LogP contribution in [0.15, 0.2) is 40.7 Å². The summed E-state index contributed by atoms with van der Waals surface area (Å²) in [6.45, 7) is 2.42. The van der Waals surface area contributed by atoms with E-state index in [0.717, 1.165) is 11.0 Å². The van der Waals surface area contributed by atoms with Gasteiger partial charge in [0.25, 0.3) is 0 Å². The molecule has 1 fully saturated rings. The van der Waals surface area contributed by atoms with Gasteiger partial charge in [0.1, 0.15) is 23.2 Å². The standard InChI is InChI=1S/C17H21F6N5O/c1-9(17(21,22)23)28-3-2-27(8-15(28)26-25)16(29)6-11(24)4-10-5-13(19)14(20)7-12(10)18/h5,11,14H,1-4,6-8,24-25H2/b26-15-/t11-,14?/m1/s1. The molecule has 1 heterocycles. The van der Waals surface area contributed by atoms with Gasteiger partial charge in [0.15, 0.2) is 6.17 Å². The molecule has 2 rings (SSSR count). The molecule has 2 atom stereocenters. The number of carbonyl (C=O) groups excluding carboxylic acids is 1. The van der Waals surface area contributed by atoms with Crippen molar-refractivity contribution in [3.05, 3.63) is 35.6 Å². The smallest absolute Gasteiger partial charge is 0.333 e. The van der Waals surface area contributed by atoms with E-state index in [1.807, 2.05) is 0 Å². The Morgan fingerprint density at radius 3 is 2.59 bits per heavy atom. The van der Waals surface area contributed by atoms with Crippen LogP contribution in [0.5, 0.6) is 0 Å². The molecule has 1 amide bonds. The summed E-state index contributed by atoms with van der Waals surface area (Å²) < 4.78 is 78.8. The van der Waals surface area contributed by atoms with E-state index in [1.165, 1.54) is 4.90 Å². The molecule has 162 valence electrons. The molecule has 1 aliphatic heterocycles. The molecule has 0 aromatic heterocycles. The summed E-state index contributed by atoms with van der Waals surface area (Å²) >= 11 is 0. The fourth-order valence-corrected chi connectivity index (χ4v) is 3.05. The van der Waals surface area contributed by atoms with Crippen LogP contribution >= 0.6 is 0 Å². The quantitative estimate of drug-likeness (QED) is 0.402. The minimum atomic E-state index is -4.68. The molecule has 0 saturated carbocycles. The van der Waals surface area contributed by atoms with Gasteiger partial charge in [-0.1, -0.05) is 6.58 Å². The van der Waals surface area contributed by atoms with Gasteiger partial charge >= 0.3 is 6.18 Å². The Kier molecular flexibility index (Phi) is 6.98. The Hall–Kier alpha value is -2.50. The van der Waals surface area contributed by atoms with Crippen LogP contribution in [0, 0.1) is 0 Å². The van der Waals surface area contributed by atoms with Crippen LogP contribution in [0.3, 0.4) is 0 Å². The van der Waals surface area contributed by atoms with Crippen molar-refractivity contribution in [2.75, 3.05) is 19.6 Å². The second-order valence-electron chi connectivity index (χ2n) is 6.76. The zero-order valence-electron chi connectivity index (χ0n) is 15.4. The molecule has 1 unspecified atom stereocenters. The van der Waals surface area contributed by atoms with E-state index in [4.69, 9.17) is 11.6 Å². The highest BCUT2D eigenvalue weighted by Gasteiger charge is 2.40. The number of allylic oxidation sites excluding steroid dienone is 4. The van der Waals surface area contributed by atoms with Gasteiger partial charge in [-0.3, -0.25) is 4.79 Å². The lowest BCUT2D eigenvalue weighted by Crippen LogP contribution is -2.54. The molecule has 0 aromatic carbocycles. The third-order valence-corrected chi connectivity index (χ3v) is 4.63. The first-order valence-electron chi connectivity index (χ1n) is 8.66. The van der Waals surface area contributed by atoms with Crippen molar-refractivity contribution >= 4 is 11.7 Å². The fraction of sp³-hybridized carbons (Fsp3) is 0.529. The molecule has 0 spiro atoms. The van der Waals surface area contributed by atoms with Crippen molar-refractivity contribution in [1.29, 1.82) is 0 Å². The Labute approximate surface area is 163 Å². The SMILES string of the molecule is C=C(N1CCN(C(=O)C[C@H](N)CC2=C(F)CC(F)C(F)=C2)C/C1=N/N)C(F)(F)F. The molecule has 2 aliphatic rings. The fourth-order valence-electron chi connectivity index (χ4n) is 3.05. The number of piperazine rings is 1. The Morgan fingerprint density at radius 1 is 1.34 bits per heavy atom. The number of nitrogens with zero attached hydrogens (tertiary/aromatic N) is 3. The first-order chi connectivity index (χ1) is 13.4. The molecule has 1 saturated heterocycles. The maximum Gasteiger partial charge on any atom is 0.430 e. The van der Waals surface area contributed by atoms with Crippen LogP contribution in [0.1, 0.15) is 19.3 Å². The predicted molar refractivity (Wildman–Crippen MR) is 94.2 cm³/mol. The molecule has 0 aromatic rings. The predicted octanol–water partition coefficient (Wildman–Crippen LogP) is 2.41. The van der Waals surface area contributed by atoms with Gasteiger partial charge in [-0.15, -0.1) is 0 Å². The van der Waals surface area contributed by atoms with Crippen molar-refractivity contribution in [1.82, 2.24) is 9.80 Å². The summed E-state index contributed by atoms with van der Waals surface area (Å²) in [4.78, 5) is 14.4. The van der Waals surface area contributed by atoms with Crippen molar-refractivity contribution < 1.29 is 31.1 Å². The molecule has 0 radical (unpaired) electrons. The second-order valence-corrected chi connectivity index (χ2v) is 6.76. The number of hydrogen-bond donors (Lipinski definition) is 2. The van der Waals surface area contributed by atoms with Crippen molar-refractivity contribution in [2.45, 2.75) is 37.7 Å². The molecule has 4 N–H and O–H groups in total. The lowest BCUT2D eigenvalue weighted by Gasteiger charge is -2.38. The number of nitrogens with two attached hydrogens (primary N) is 2. The average Bonchev–Trinajstić information content (AvgIpc) is 2.64. The number of hydrogen-bond acceptors (Lipinski definition) is 4. The van der Waals surface area contributed by atoms with E-state index < -0.39 is 48.1 Å². The maximum atomic E-state index is 13.8. The molecule has 6 nitrogen and oxygen atoms in total. The topological polar surface area (TPSA) is 88.0 Å². The monoisotopic (exact) mass is 425 g/mol. The first-order valence-corrected chi connectivity index (χ1v) is 8.66. The van der Waals surface area contributed by atoms with Crippen LogP contribution in [0.2, 0.25) is 0 Å². The highest BCUT2D eigenvalue weighted by molar-refractivity contribution is 5.90. The summed E-state index contributed by atoms with van der Waals surface area (Å²) in [6.07, 6.45) is -7.17. The number of amidine groups is 1. The molecule has 1 aliphatic carbocycles. The van der Waals surface area contributed by atoms with E-state index in [9.17, 15) is 31.1 Å². The normalized spacial score (nSPS) is 23.3. The molecule has 0 bridgehead atoms. The lowest BCUT2D eigenvalue weighted by molar-refractivity contribution is -0.132. The zero-order chi connectivity index (χ0) is 21.9. The van der Waals surface area contributed by atoms with Crippen LogP contribution in [-0.4, -0.2) is 59.6 Å². The molecule has 12 heteroatoms. The van der Waals surface area contributed by atoms with Gasteiger partial charge in [-0.05, 0) is 18.1 Å². The van der Waals surface area contributed by atoms with Gasteiger partial charge in [0, 0.05) is 32.0 Å². The van der Waals surface area contributed by atoms with Gasteiger partial charge < -0.3 is 21.4 Å². The minimum Gasteiger partial charge on any atom is -0.333 e. The Balaban J connectivity index is 1.96. The van der Waals surface area contributed by atoms with E-state index in [0.29, 0.717) is 0 Å². The molecular formula is C17H21F6N5O. The minimum absolute atomic E-state index is 0.0607. The van der Waals surface area contributed by atoms with E-state index in [-0.39, 0.29) is 43.9 Å². The van der Waals surface area contributed by atoms with Crippen molar-refractivity contribution in [2.24, 2.45) is 16.7 Å². The van der Waals surface area contributed by atoms with E-state index in [2.05, 4.69) is 11.7 Å². The highest BCUT2D eigenvalue weighted by Crippen LogP contribution is 2.31. The van der Waals surface area contributed by atoms with Gasteiger partial charge in [0.2, 0.25) is 5.91 Å². The second kappa shape index (κ2) is 8.89. The summed E-state index contributed by atoms with van der Waals surface area (Å²) in [5.41, 5.74) is 4.57. The summed E-state index contributed by atoms with van der Waals surface area (Å²) in [5.74, 6) is 2.51. The van der Waals surface area contributed by atoms with Crippen molar-refractivity contribution in [3.8, 4) is 0 Å². The summed E-state index contributed by atoms with van der Waals surface area (Å²) in [7, 11) is 0. The van der Waals surface area contributed by atoms with Gasteiger partial charge in [-0.2, -0.15) is 18.3 Å². The largest absolute Gasteiger partial charge is 0.430 e. The third-order valence-electron chi connectivity index (χ3n) is 4.63. The number of rotatable bonds is 5. The van der Waals surface area contributed by atoms with Gasteiger partial charge in [-0.25, -0.2) is 13.2 Å². The van der Waals surface area contributed by atoms with E-state index in [1.54, 1.807) is 0 Å². The molecular weight excluding hydrogens is 404 g/mol. The van der Waals surface area contributed by atoms with Crippen LogP contribution in [0.4, 0.5) is 26.3 Å². The van der Waals surface area contributed by atoms with Crippen molar-refractivity contribution in [3.63, 3.8) is 0 Å². The average molecular weight is 425 g/mol. The summed E-state index contributed by atoms with van der Waals surface area (Å²) in [5, 5.41) is 3.31. The number of amides is 1. The Morgan fingerprint density at radius 2 is 2.00 bits per heavy atom. The summed E-state index contributed by atoms with van der Waals surface area (Å²) in [6, 6.07) is -0.898. The highest BCUT2D eigenvalue weighted by atomic mass is 19.4. The zero-order valence-corrected chi connectivity index (χ0v) is 15.4. The maximum absolute atomic E-state index is 13.8. The first kappa shape index (κ1) is 22.8. The van der Waals surface area contributed by atoms with E-state index >= 15 is 0 Å². The lowest BCUT2D eigenvalue weighted by atomic mass is 9.96. The number of halogens is 6. The van der Waals surface area contributed by atoms with Gasteiger partial charge in [0.05, 0.1) is 6.54 Å². The van der Waals surface area contributed by atoms with Crippen LogP contribution in [-0.2, 0) is 4.79 Å². The third kappa shape index (κ3) is 5.52. The van der Waals surface area contributed by atoms with Crippen LogP contribution < -0.4 is 11.6 Å². The number of hydrazone groups is 1. The van der Waals surface area contributed by atoms with Crippen LogP contribution in [0.25, 0.3) is 0 Å².